The van der Waals surface area contributed by atoms with E-state index >= 15 is 0 Å². The minimum absolute atomic E-state index is 0.423. The molecular formula is C11H10F3NS. The zero-order valence-corrected chi connectivity index (χ0v) is 9.40. The minimum atomic E-state index is -2.84. The van der Waals surface area contributed by atoms with Crippen LogP contribution >= 0.6 is 11.8 Å². The number of hydrogen-bond donors (Lipinski definition) is 0. The van der Waals surface area contributed by atoms with Gasteiger partial charge in [0.05, 0.1) is 0 Å². The summed E-state index contributed by atoms with van der Waals surface area (Å²) in [5, 5.41) is 9.70. The van der Waals surface area contributed by atoms with Gasteiger partial charge in [-0.1, -0.05) is 12.1 Å². The Bertz CT molecular complexity index is 378. The van der Waals surface area contributed by atoms with E-state index in [-0.39, 0.29) is 0 Å². The molecule has 1 aromatic carbocycles. The van der Waals surface area contributed by atoms with E-state index < -0.39 is 23.4 Å². The molecule has 0 aliphatic rings. The Morgan fingerprint density at radius 2 is 1.94 bits per heavy atom. The zero-order chi connectivity index (χ0) is 12.2. The number of nitrogens with zero attached hydrogens (tertiary/aromatic N) is 1. The van der Waals surface area contributed by atoms with Crippen LogP contribution in [0.3, 0.4) is 0 Å². The molecule has 5 heteroatoms. The monoisotopic (exact) mass is 245 g/mol. The van der Waals surface area contributed by atoms with Crippen molar-refractivity contribution in [2.45, 2.75) is 24.5 Å². The first kappa shape index (κ1) is 12.9. The lowest BCUT2D eigenvalue weighted by atomic mass is 10.1. The number of hydrogen-bond acceptors (Lipinski definition) is 2. The Labute approximate surface area is 96.3 Å². The van der Waals surface area contributed by atoms with Crippen LogP contribution in [0, 0.1) is 16.5 Å². The molecule has 0 radical (unpaired) electrons. The first-order valence-electron chi connectivity index (χ1n) is 4.60. The Morgan fingerprint density at radius 3 is 2.38 bits per heavy atom. The summed E-state index contributed by atoms with van der Waals surface area (Å²) in [6.45, 7) is 0.807. The fraction of sp³-hybridized carbons (Fsp3) is 0.364. The van der Waals surface area contributed by atoms with Crippen LogP contribution in [0.1, 0.15) is 24.2 Å². The third kappa shape index (κ3) is 4.15. The highest BCUT2D eigenvalue weighted by Gasteiger charge is 2.28. The molecule has 16 heavy (non-hydrogen) atoms. The fourth-order valence-electron chi connectivity index (χ4n) is 1.29. The van der Waals surface area contributed by atoms with Gasteiger partial charge in [-0.2, -0.15) is 5.26 Å². The van der Waals surface area contributed by atoms with Crippen LogP contribution in [0.4, 0.5) is 13.2 Å². The van der Waals surface area contributed by atoms with E-state index in [9.17, 15) is 13.2 Å². The number of nitriles is 1. The summed E-state index contributed by atoms with van der Waals surface area (Å²) in [5.74, 6) is -3.27. The predicted molar refractivity (Wildman–Crippen MR) is 57.6 cm³/mol. The fourth-order valence-corrected chi connectivity index (χ4v) is 2.09. The van der Waals surface area contributed by atoms with Crippen molar-refractivity contribution in [3.8, 4) is 5.40 Å². The molecular weight excluding hydrogens is 235 g/mol. The molecule has 0 fully saturated rings. The second-order valence-corrected chi connectivity index (χ2v) is 4.51. The molecule has 0 saturated carbocycles. The summed E-state index contributed by atoms with van der Waals surface area (Å²) in [4.78, 5) is 0. The predicted octanol–water partition coefficient (Wildman–Crippen LogP) is 4.13. The number of halogens is 3. The molecule has 0 aliphatic carbocycles. The molecule has 0 bridgehead atoms. The molecule has 0 heterocycles. The van der Waals surface area contributed by atoms with Crippen LogP contribution in [0.15, 0.2) is 24.3 Å². The van der Waals surface area contributed by atoms with E-state index in [0.29, 0.717) is 5.56 Å². The van der Waals surface area contributed by atoms with E-state index in [1.165, 1.54) is 24.3 Å². The van der Waals surface area contributed by atoms with E-state index in [0.717, 1.165) is 18.7 Å². The van der Waals surface area contributed by atoms with Crippen LogP contribution in [0.5, 0.6) is 0 Å². The average Bonchev–Trinajstić information content (AvgIpc) is 2.16. The third-order valence-electron chi connectivity index (χ3n) is 1.98. The smallest absolute Gasteiger partial charge is 0.207 e. The minimum Gasteiger partial charge on any atom is -0.207 e. The van der Waals surface area contributed by atoms with Gasteiger partial charge in [-0.3, -0.25) is 0 Å². The summed E-state index contributed by atoms with van der Waals surface area (Å²) in [6, 6.07) is 5.26. The number of thioether (sulfide) groups is 1. The SMILES string of the molecule is CC(F)(F)CC(SC#N)c1ccc(F)cc1. The maximum atomic E-state index is 12.9. The summed E-state index contributed by atoms with van der Waals surface area (Å²) < 4.78 is 38.4. The van der Waals surface area contributed by atoms with Crippen LogP contribution in [0.2, 0.25) is 0 Å². The highest BCUT2D eigenvalue weighted by Crippen LogP contribution is 2.37. The molecule has 0 N–H and O–H groups in total. The van der Waals surface area contributed by atoms with Gasteiger partial charge in [0.1, 0.15) is 11.2 Å². The molecule has 1 unspecified atom stereocenters. The highest BCUT2D eigenvalue weighted by atomic mass is 32.2. The topological polar surface area (TPSA) is 23.8 Å². The van der Waals surface area contributed by atoms with E-state index in [1.54, 1.807) is 5.40 Å². The Kier molecular flexibility index (Phi) is 4.25. The maximum Gasteiger partial charge on any atom is 0.246 e. The molecule has 1 atom stereocenters. The summed E-state index contributed by atoms with van der Waals surface area (Å²) in [7, 11) is 0. The summed E-state index contributed by atoms with van der Waals surface area (Å²) in [5.41, 5.74) is 0.537. The molecule has 0 spiro atoms. The second-order valence-electron chi connectivity index (χ2n) is 3.52. The lowest BCUT2D eigenvalue weighted by molar-refractivity contribution is 0.0126. The molecule has 1 aromatic rings. The molecule has 0 saturated heterocycles. The van der Waals surface area contributed by atoms with E-state index in [4.69, 9.17) is 5.26 Å². The molecule has 86 valence electrons. The Hall–Kier alpha value is -1.15. The number of thiocyanates is 1. The summed E-state index contributed by atoms with van der Waals surface area (Å²) >= 11 is 0.765. The number of benzene rings is 1. The van der Waals surface area contributed by atoms with E-state index in [2.05, 4.69) is 0 Å². The van der Waals surface area contributed by atoms with Gasteiger partial charge in [-0.05, 0) is 36.4 Å². The van der Waals surface area contributed by atoms with Crippen LogP contribution in [-0.4, -0.2) is 5.92 Å². The Morgan fingerprint density at radius 1 is 1.38 bits per heavy atom. The maximum absolute atomic E-state index is 12.9. The molecule has 1 rings (SSSR count). The van der Waals surface area contributed by atoms with Crippen LogP contribution in [0.25, 0.3) is 0 Å². The summed E-state index contributed by atoms with van der Waals surface area (Å²) in [6.07, 6.45) is -0.434. The van der Waals surface area contributed by atoms with Crippen molar-refractivity contribution in [2.24, 2.45) is 0 Å². The standard InChI is InChI=1S/C11H10F3NS/c1-11(13,14)6-10(16-7-15)8-2-4-9(12)5-3-8/h2-5,10H,6H2,1H3. The number of alkyl halides is 2. The molecule has 0 aromatic heterocycles. The van der Waals surface area contributed by atoms with Crippen molar-refractivity contribution in [3.63, 3.8) is 0 Å². The van der Waals surface area contributed by atoms with Crippen molar-refractivity contribution < 1.29 is 13.2 Å². The van der Waals surface area contributed by atoms with Crippen molar-refractivity contribution in [3.05, 3.63) is 35.6 Å². The van der Waals surface area contributed by atoms with Crippen molar-refractivity contribution in [1.29, 1.82) is 5.26 Å². The zero-order valence-electron chi connectivity index (χ0n) is 8.58. The first-order valence-corrected chi connectivity index (χ1v) is 5.48. The second kappa shape index (κ2) is 5.26. The third-order valence-corrected chi connectivity index (χ3v) is 2.81. The highest BCUT2D eigenvalue weighted by molar-refractivity contribution is 8.03. The van der Waals surface area contributed by atoms with Gasteiger partial charge < -0.3 is 0 Å². The quantitative estimate of drug-likeness (QED) is 0.745. The van der Waals surface area contributed by atoms with Crippen LogP contribution in [-0.2, 0) is 0 Å². The van der Waals surface area contributed by atoms with Crippen molar-refractivity contribution in [1.82, 2.24) is 0 Å². The van der Waals surface area contributed by atoms with Crippen LogP contribution < -0.4 is 0 Å². The normalized spacial score (nSPS) is 13.2. The van der Waals surface area contributed by atoms with E-state index in [1.807, 2.05) is 0 Å². The number of rotatable bonds is 4. The van der Waals surface area contributed by atoms with Gasteiger partial charge in [0, 0.05) is 11.7 Å². The molecule has 1 nitrogen and oxygen atoms in total. The van der Waals surface area contributed by atoms with Gasteiger partial charge >= 0.3 is 0 Å². The molecule has 0 amide bonds. The van der Waals surface area contributed by atoms with Crippen molar-refractivity contribution in [2.75, 3.05) is 0 Å². The van der Waals surface area contributed by atoms with Gasteiger partial charge in [0.25, 0.3) is 0 Å². The van der Waals surface area contributed by atoms with Gasteiger partial charge in [0.2, 0.25) is 5.92 Å². The van der Waals surface area contributed by atoms with Crippen molar-refractivity contribution >= 4 is 11.8 Å². The Balaban J connectivity index is 2.86. The lowest BCUT2D eigenvalue weighted by Crippen LogP contribution is -2.13. The van der Waals surface area contributed by atoms with Gasteiger partial charge in [0.15, 0.2) is 0 Å². The largest absolute Gasteiger partial charge is 0.246 e. The molecule has 0 aliphatic heterocycles. The van der Waals surface area contributed by atoms with Gasteiger partial charge in [-0.25, -0.2) is 13.2 Å². The lowest BCUT2D eigenvalue weighted by Gasteiger charge is -2.17. The van der Waals surface area contributed by atoms with Gasteiger partial charge in [-0.15, -0.1) is 0 Å². The first-order chi connectivity index (χ1) is 7.42. The average molecular weight is 245 g/mol.